The lowest BCUT2D eigenvalue weighted by atomic mass is 10.1. The van der Waals surface area contributed by atoms with Gasteiger partial charge in [0, 0.05) is 23.4 Å². The van der Waals surface area contributed by atoms with E-state index in [2.05, 4.69) is 15.7 Å². The fourth-order valence-corrected chi connectivity index (χ4v) is 3.76. The van der Waals surface area contributed by atoms with E-state index in [1.807, 2.05) is 0 Å². The Morgan fingerprint density at radius 3 is 2.64 bits per heavy atom. The van der Waals surface area contributed by atoms with Gasteiger partial charge in [0.25, 0.3) is 5.91 Å². The zero-order valence-electron chi connectivity index (χ0n) is 17.2. The number of fused-ring (bicyclic) bond motifs is 1. The van der Waals surface area contributed by atoms with E-state index in [1.54, 1.807) is 24.3 Å². The molecule has 0 bridgehead atoms. The fraction of sp³-hybridized carbons (Fsp3) is 0.227. The van der Waals surface area contributed by atoms with E-state index in [9.17, 15) is 22.8 Å². The molecule has 1 aliphatic heterocycles. The summed E-state index contributed by atoms with van der Waals surface area (Å²) in [4.78, 5) is 25.2. The minimum absolute atomic E-state index is 0.0177. The van der Waals surface area contributed by atoms with Crippen LogP contribution >= 0.6 is 11.6 Å². The summed E-state index contributed by atoms with van der Waals surface area (Å²) in [5, 5.41) is 10.2. The van der Waals surface area contributed by atoms with E-state index in [0.717, 1.165) is 17.7 Å². The summed E-state index contributed by atoms with van der Waals surface area (Å²) in [6.45, 7) is 0.164. The molecule has 2 aromatic carbocycles. The number of hydrogen-bond donors (Lipinski definition) is 2. The predicted octanol–water partition coefficient (Wildman–Crippen LogP) is 4.89. The molecule has 1 aromatic heterocycles. The van der Waals surface area contributed by atoms with Crippen molar-refractivity contribution in [3.05, 3.63) is 64.8 Å². The third-order valence-corrected chi connectivity index (χ3v) is 5.34. The number of anilines is 2. The van der Waals surface area contributed by atoms with Crippen molar-refractivity contribution in [2.24, 2.45) is 0 Å². The third kappa shape index (κ3) is 4.71. The van der Waals surface area contributed by atoms with Crippen molar-refractivity contribution in [3.8, 4) is 11.1 Å². The number of methoxy groups -OCH3 is 1. The molecule has 172 valence electrons. The molecule has 1 aliphatic rings. The Kier molecular flexibility index (Phi) is 6.13. The summed E-state index contributed by atoms with van der Waals surface area (Å²) >= 11 is 5.97. The van der Waals surface area contributed by atoms with Gasteiger partial charge in [-0.05, 0) is 35.9 Å². The highest BCUT2D eigenvalue weighted by Crippen LogP contribution is 2.39. The molecule has 1 atom stereocenters. The van der Waals surface area contributed by atoms with Crippen LogP contribution in [0.4, 0.5) is 24.7 Å². The lowest BCUT2D eigenvalue weighted by Gasteiger charge is -2.12. The molecule has 0 saturated heterocycles. The number of aromatic nitrogens is 2. The van der Waals surface area contributed by atoms with Gasteiger partial charge >= 0.3 is 6.18 Å². The van der Waals surface area contributed by atoms with Crippen molar-refractivity contribution >= 4 is 34.9 Å². The molecule has 0 spiro atoms. The molecule has 4 rings (SSSR count). The molecule has 11 heteroatoms. The Hall–Kier alpha value is -3.37. The van der Waals surface area contributed by atoms with Gasteiger partial charge in [0.2, 0.25) is 5.91 Å². The predicted molar refractivity (Wildman–Crippen MR) is 116 cm³/mol. The number of rotatable bonds is 6. The molecule has 33 heavy (non-hydrogen) atoms. The number of hydrogen-bond acceptors (Lipinski definition) is 4. The summed E-state index contributed by atoms with van der Waals surface area (Å²) in [5.41, 5.74) is 1.05. The van der Waals surface area contributed by atoms with E-state index < -0.39 is 29.6 Å². The van der Waals surface area contributed by atoms with E-state index in [-0.39, 0.29) is 18.7 Å². The number of carbonyl (C=O) groups excluding carboxylic acids is 2. The quantitative estimate of drug-likeness (QED) is 0.528. The first-order valence-corrected chi connectivity index (χ1v) is 10.2. The van der Waals surface area contributed by atoms with Crippen LogP contribution in [0.1, 0.15) is 23.7 Å². The van der Waals surface area contributed by atoms with Gasteiger partial charge in [-0.3, -0.25) is 9.59 Å². The number of halogens is 4. The summed E-state index contributed by atoms with van der Waals surface area (Å²) in [5.74, 6) is -0.665. The van der Waals surface area contributed by atoms with E-state index in [1.165, 1.54) is 23.9 Å². The van der Waals surface area contributed by atoms with E-state index >= 15 is 0 Å². The highest BCUT2D eigenvalue weighted by molar-refractivity contribution is 6.30. The number of ether oxygens (including phenoxy) is 1. The van der Waals surface area contributed by atoms with Gasteiger partial charge in [-0.2, -0.15) is 18.3 Å². The van der Waals surface area contributed by atoms with E-state index in [4.69, 9.17) is 16.3 Å². The average molecular weight is 479 g/mol. The number of benzene rings is 2. The first-order valence-electron chi connectivity index (χ1n) is 9.81. The molecule has 3 aromatic rings. The number of carbonyl (C=O) groups is 2. The highest BCUT2D eigenvalue weighted by Gasteiger charge is 2.37. The molecular formula is C22H18ClF3N4O3. The summed E-state index contributed by atoms with van der Waals surface area (Å²) in [6.07, 6.45) is -4.85. The van der Waals surface area contributed by atoms with Crippen LogP contribution in [0.25, 0.3) is 11.1 Å². The topological polar surface area (TPSA) is 85.2 Å². The first-order chi connectivity index (χ1) is 15.7. The molecule has 0 fully saturated rings. The normalized spacial score (nSPS) is 15.3. The Balaban J connectivity index is 1.59. The van der Waals surface area contributed by atoms with Crippen LogP contribution < -0.4 is 10.6 Å². The second-order valence-corrected chi connectivity index (χ2v) is 7.83. The molecule has 0 saturated carbocycles. The van der Waals surface area contributed by atoms with Crippen molar-refractivity contribution in [1.29, 1.82) is 0 Å². The Morgan fingerprint density at radius 1 is 1.24 bits per heavy atom. The van der Waals surface area contributed by atoms with E-state index in [0.29, 0.717) is 22.1 Å². The third-order valence-electron chi connectivity index (χ3n) is 5.09. The SMILES string of the molecule is COCc1nn2c(c1-c1ccc(Cl)cc1)NC(=O)C2CC(=O)Nc1cccc(C(F)(F)F)c1. The number of alkyl halides is 3. The maximum atomic E-state index is 12.9. The van der Waals surface area contributed by atoms with Crippen molar-refractivity contribution in [1.82, 2.24) is 9.78 Å². The van der Waals surface area contributed by atoms with Gasteiger partial charge in [0.15, 0.2) is 0 Å². The zero-order valence-corrected chi connectivity index (χ0v) is 18.0. The lowest BCUT2D eigenvalue weighted by molar-refractivity contribution is -0.137. The molecule has 2 heterocycles. The summed E-state index contributed by atoms with van der Waals surface area (Å²) < 4.78 is 45.4. The molecule has 7 nitrogen and oxygen atoms in total. The van der Waals surface area contributed by atoms with Gasteiger partial charge in [0.1, 0.15) is 11.9 Å². The molecule has 2 amide bonds. The van der Waals surface area contributed by atoms with Crippen LogP contribution in [-0.2, 0) is 27.1 Å². The summed E-state index contributed by atoms with van der Waals surface area (Å²) in [7, 11) is 1.51. The van der Waals surface area contributed by atoms with Crippen LogP contribution in [0.15, 0.2) is 48.5 Å². The number of amides is 2. The van der Waals surface area contributed by atoms with Crippen LogP contribution in [0.5, 0.6) is 0 Å². The monoisotopic (exact) mass is 478 g/mol. The minimum atomic E-state index is -4.54. The Morgan fingerprint density at radius 2 is 1.97 bits per heavy atom. The van der Waals surface area contributed by atoms with Gasteiger partial charge in [-0.25, -0.2) is 4.68 Å². The van der Waals surface area contributed by atoms with Crippen LogP contribution in [0.3, 0.4) is 0 Å². The number of nitrogens with one attached hydrogen (secondary N) is 2. The van der Waals surface area contributed by atoms with Crippen LogP contribution in [-0.4, -0.2) is 28.7 Å². The van der Waals surface area contributed by atoms with Crippen molar-refractivity contribution < 1.29 is 27.5 Å². The maximum Gasteiger partial charge on any atom is 0.416 e. The second kappa shape index (κ2) is 8.87. The van der Waals surface area contributed by atoms with Crippen molar-refractivity contribution in [3.63, 3.8) is 0 Å². The largest absolute Gasteiger partial charge is 0.416 e. The lowest BCUT2D eigenvalue weighted by Crippen LogP contribution is -2.24. The average Bonchev–Trinajstić information content (AvgIpc) is 3.24. The molecule has 1 unspecified atom stereocenters. The zero-order chi connectivity index (χ0) is 23.8. The highest BCUT2D eigenvalue weighted by atomic mass is 35.5. The number of nitrogens with zero attached hydrogens (tertiary/aromatic N) is 2. The smallest absolute Gasteiger partial charge is 0.378 e. The Labute approximate surface area is 191 Å². The van der Waals surface area contributed by atoms with Gasteiger partial charge in [0.05, 0.1) is 24.3 Å². The fourth-order valence-electron chi connectivity index (χ4n) is 3.64. The maximum absolute atomic E-state index is 12.9. The van der Waals surface area contributed by atoms with Crippen LogP contribution in [0, 0.1) is 0 Å². The second-order valence-electron chi connectivity index (χ2n) is 7.39. The van der Waals surface area contributed by atoms with Crippen molar-refractivity contribution in [2.75, 3.05) is 17.7 Å². The molecule has 0 aliphatic carbocycles. The van der Waals surface area contributed by atoms with Crippen molar-refractivity contribution in [2.45, 2.75) is 25.2 Å². The van der Waals surface area contributed by atoms with Gasteiger partial charge in [-0.15, -0.1) is 0 Å². The molecular weight excluding hydrogens is 461 g/mol. The minimum Gasteiger partial charge on any atom is -0.378 e. The van der Waals surface area contributed by atoms with Gasteiger partial charge in [-0.1, -0.05) is 29.8 Å². The molecule has 2 N–H and O–H groups in total. The first kappa shape index (κ1) is 22.8. The standard InChI is InChI=1S/C22H18ClF3N4O3/c1-33-11-16-19(12-5-7-14(23)8-6-12)20-28-21(32)17(30(20)29-16)10-18(31)27-15-4-2-3-13(9-15)22(24,25)26/h2-9,17H,10-11H2,1H3,(H,27,31)(H,28,32). The Bertz CT molecular complexity index is 1210. The van der Waals surface area contributed by atoms with Crippen LogP contribution in [0.2, 0.25) is 5.02 Å². The summed E-state index contributed by atoms with van der Waals surface area (Å²) in [6, 6.07) is 10.3. The molecule has 0 radical (unpaired) electrons. The van der Waals surface area contributed by atoms with Gasteiger partial charge < -0.3 is 15.4 Å².